The van der Waals surface area contributed by atoms with Gasteiger partial charge in [-0.1, -0.05) is 47.1 Å². The predicted molar refractivity (Wildman–Crippen MR) is 93.2 cm³/mol. The molecule has 1 amide bonds. The van der Waals surface area contributed by atoms with Crippen molar-refractivity contribution in [1.82, 2.24) is 15.5 Å². The van der Waals surface area contributed by atoms with Crippen LogP contribution in [-0.4, -0.2) is 22.7 Å². The third-order valence-corrected chi connectivity index (χ3v) is 3.66. The number of carbonyl (C=O) groups excluding carboxylic acids is 1. The molecule has 1 heterocycles. The Kier molecular flexibility index (Phi) is 5.30. The lowest BCUT2D eigenvalue weighted by Crippen LogP contribution is -2.31. The largest absolute Gasteiger partial charge is 0.484 e. The van der Waals surface area contributed by atoms with Crippen LogP contribution in [0.1, 0.15) is 18.9 Å². The van der Waals surface area contributed by atoms with Gasteiger partial charge in [0, 0.05) is 10.6 Å². The standard InChI is InChI=1S/C18H16ClN3O3/c1-12(18-21-17(22-25-18)13-5-3-2-4-6-13)20-16(23)11-24-15-9-7-14(19)8-10-15/h2-10,12H,11H2,1H3,(H,20,23)/t12-/m1/s1. The molecule has 128 valence electrons. The minimum Gasteiger partial charge on any atom is -0.484 e. The van der Waals surface area contributed by atoms with Crippen LogP contribution in [0.25, 0.3) is 11.4 Å². The van der Waals surface area contributed by atoms with Crippen LogP contribution in [0, 0.1) is 0 Å². The van der Waals surface area contributed by atoms with Gasteiger partial charge in [0.15, 0.2) is 6.61 Å². The van der Waals surface area contributed by atoms with Crippen molar-refractivity contribution < 1.29 is 14.1 Å². The van der Waals surface area contributed by atoms with Crippen molar-refractivity contribution in [3.63, 3.8) is 0 Å². The normalized spacial score (nSPS) is 11.8. The van der Waals surface area contributed by atoms with Crippen LogP contribution < -0.4 is 10.1 Å². The van der Waals surface area contributed by atoms with Crippen molar-refractivity contribution in [2.24, 2.45) is 0 Å². The van der Waals surface area contributed by atoms with Gasteiger partial charge in [-0.3, -0.25) is 4.79 Å². The predicted octanol–water partition coefficient (Wildman–Crippen LogP) is 3.65. The highest BCUT2D eigenvalue weighted by Gasteiger charge is 2.17. The highest BCUT2D eigenvalue weighted by molar-refractivity contribution is 6.30. The summed E-state index contributed by atoms with van der Waals surface area (Å²) in [7, 11) is 0. The van der Waals surface area contributed by atoms with Crippen LogP contribution in [0.4, 0.5) is 0 Å². The second-order valence-corrected chi connectivity index (χ2v) is 5.79. The summed E-state index contributed by atoms with van der Waals surface area (Å²) in [5, 5.41) is 7.30. The second-order valence-electron chi connectivity index (χ2n) is 5.35. The summed E-state index contributed by atoms with van der Waals surface area (Å²) in [6.07, 6.45) is 0. The molecule has 0 saturated heterocycles. The van der Waals surface area contributed by atoms with Gasteiger partial charge in [0.05, 0.1) is 0 Å². The average Bonchev–Trinajstić information content (AvgIpc) is 3.12. The average molecular weight is 358 g/mol. The Balaban J connectivity index is 1.55. The maximum atomic E-state index is 12.0. The summed E-state index contributed by atoms with van der Waals surface area (Å²) >= 11 is 5.80. The lowest BCUT2D eigenvalue weighted by Gasteiger charge is -2.10. The highest BCUT2D eigenvalue weighted by Crippen LogP contribution is 2.18. The molecule has 0 aliphatic rings. The first-order valence-electron chi connectivity index (χ1n) is 7.68. The maximum Gasteiger partial charge on any atom is 0.258 e. The van der Waals surface area contributed by atoms with Crippen molar-refractivity contribution in [3.05, 3.63) is 65.5 Å². The first-order valence-corrected chi connectivity index (χ1v) is 8.06. The number of carbonyl (C=O) groups is 1. The van der Waals surface area contributed by atoms with E-state index < -0.39 is 6.04 Å². The van der Waals surface area contributed by atoms with E-state index in [9.17, 15) is 4.79 Å². The fourth-order valence-corrected chi connectivity index (χ4v) is 2.27. The molecule has 7 heteroatoms. The van der Waals surface area contributed by atoms with Crippen LogP contribution >= 0.6 is 11.6 Å². The number of hydrogen-bond donors (Lipinski definition) is 1. The Hall–Kier alpha value is -2.86. The third kappa shape index (κ3) is 4.58. The smallest absolute Gasteiger partial charge is 0.258 e. The number of benzene rings is 2. The minimum absolute atomic E-state index is 0.119. The van der Waals surface area contributed by atoms with Gasteiger partial charge in [-0.2, -0.15) is 4.98 Å². The number of halogens is 1. The van der Waals surface area contributed by atoms with Crippen molar-refractivity contribution in [2.75, 3.05) is 6.61 Å². The zero-order valence-corrected chi connectivity index (χ0v) is 14.2. The molecule has 0 saturated carbocycles. The summed E-state index contributed by atoms with van der Waals surface area (Å²) < 4.78 is 10.6. The first kappa shape index (κ1) is 17.0. The second kappa shape index (κ2) is 7.81. The fourth-order valence-electron chi connectivity index (χ4n) is 2.14. The molecule has 1 atom stereocenters. The molecular weight excluding hydrogens is 342 g/mol. The maximum absolute atomic E-state index is 12.0. The number of nitrogens with one attached hydrogen (secondary N) is 1. The molecule has 0 aliphatic heterocycles. The summed E-state index contributed by atoms with van der Waals surface area (Å²) in [5.74, 6) is 1.09. The van der Waals surface area contributed by atoms with E-state index >= 15 is 0 Å². The number of ether oxygens (including phenoxy) is 1. The topological polar surface area (TPSA) is 77.2 Å². The molecular formula is C18H16ClN3O3. The van der Waals surface area contributed by atoms with Crippen LogP contribution in [0.5, 0.6) is 5.75 Å². The van der Waals surface area contributed by atoms with E-state index in [1.807, 2.05) is 30.3 Å². The lowest BCUT2D eigenvalue weighted by molar-refractivity contribution is -0.123. The van der Waals surface area contributed by atoms with Crippen LogP contribution in [0.15, 0.2) is 59.1 Å². The van der Waals surface area contributed by atoms with E-state index in [-0.39, 0.29) is 12.5 Å². The van der Waals surface area contributed by atoms with Gasteiger partial charge >= 0.3 is 0 Å². The molecule has 0 aliphatic carbocycles. The monoisotopic (exact) mass is 357 g/mol. The number of hydrogen-bond acceptors (Lipinski definition) is 5. The number of aromatic nitrogens is 2. The zero-order valence-electron chi connectivity index (χ0n) is 13.5. The Morgan fingerprint density at radius 2 is 1.92 bits per heavy atom. The lowest BCUT2D eigenvalue weighted by atomic mass is 10.2. The molecule has 0 bridgehead atoms. The van der Waals surface area contributed by atoms with Gasteiger partial charge in [-0.05, 0) is 31.2 Å². The summed E-state index contributed by atoms with van der Waals surface area (Å²) in [6, 6.07) is 15.8. The zero-order chi connectivity index (χ0) is 17.6. The number of rotatable bonds is 6. The Bertz CT molecular complexity index is 834. The Morgan fingerprint density at radius 3 is 2.64 bits per heavy atom. The van der Waals surface area contributed by atoms with Gasteiger partial charge < -0.3 is 14.6 Å². The molecule has 0 fully saturated rings. The molecule has 3 rings (SSSR count). The molecule has 25 heavy (non-hydrogen) atoms. The van der Waals surface area contributed by atoms with Crippen LogP contribution in [0.3, 0.4) is 0 Å². The minimum atomic E-state index is -0.425. The molecule has 3 aromatic rings. The first-order chi connectivity index (χ1) is 12.1. The van der Waals surface area contributed by atoms with Crippen LogP contribution in [-0.2, 0) is 4.79 Å². The Labute approximate surface area is 149 Å². The fraction of sp³-hybridized carbons (Fsp3) is 0.167. The van der Waals surface area contributed by atoms with Crippen LogP contribution in [0.2, 0.25) is 5.02 Å². The van der Waals surface area contributed by atoms with Gasteiger partial charge in [0.1, 0.15) is 11.8 Å². The van der Waals surface area contributed by atoms with E-state index in [0.717, 1.165) is 5.56 Å². The third-order valence-electron chi connectivity index (χ3n) is 3.41. The number of amides is 1. The van der Waals surface area contributed by atoms with E-state index in [1.165, 1.54) is 0 Å². The summed E-state index contributed by atoms with van der Waals surface area (Å²) in [6.45, 7) is 1.65. The van der Waals surface area contributed by atoms with E-state index in [1.54, 1.807) is 31.2 Å². The van der Waals surface area contributed by atoms with Gasteiger partial charge in [-0.25, -0.2) is 0 Å². The van der Waals surface area contributed by atoms with Gasteiger partial charge in [0.25, 0.3) is 5.91 Å². The van der Waals surface area contributed by atoms with Crippen molar-refractivity contribution >= 4 is 17.5 Å². The molecule has 6 nitrogen and oxygen atoms in total. The van der Waals surface area contributed by atoms with E-state index in [0.29, 0.717) is 22.5 Å². The molecule has 1 N–H and O–H groups in total. The van der Waals surface area contributed by atoms with E-state index in [2.05, 4.69) is 15.5 Å². The Morgan fingerprint density at radius 1 is 1.20 bits per heavy atom. The molecule has 0 spiro atoms. The molecule has 1 aromatic heterocycles. The van der Waals surface area contributed by atoms with E-state index in [4.69, 9.17) is 20.9 Å². The summed E-state index contributed by atoms with van der Waals surface area (Å²) in [5.41, 5.74) is 0.849. The highest BCUT2D eigenvalue weighted by atomic mass is 35.5. The van der Waals surface area contributed by atoms with Crippen molar-refractivity contribution in [2.45, 2.75) is 13.0 Å². The SMILES string of the molecule is C[C@@H](NC(=O)COc1ccc(Cl)cc1)c1nc(-c2ccccc2)no1. The molecule has 0 radical (unpaired) electrons. The number of nitrogens with zero attached hydrogens (tertiary/aromatic N) is 2. The van der Waals surface area contributed by atoms with Gasteiger partial charge in [0.2, 0.25) is 11.7 Å². The van der Waals surface area contributed by atoms with Crippen molar-refractivity contribution in [1.29, 1.82) is 0 Å². The molecule has 0 unspecified atom stereocenters. The summed E-state index contributed by atoms with van der Waals surface area (Å²) in [4.78, 5) is 16.3. The van der Waals surface area contributed by atoms with Crippen molar-refractivity contribution in [3.8, 4) is 17.1 Å². The quantitative estimate of drug-likeness (QED) is 0.728. The van der Waals surface area contributed by atoms with Gasteiger partial charge in [-0.15, -0.1) is 0 Å². The molecule has 2 aromatic carbocycles.